The third-order valence-corrected chi connectivity index (χ3v) is 2.18. The van der Waals surface area contributed by atoms with Gasteiger partial charge in [-0.1, -0.05) is 12.1 Å². The van der Waals surface area contributed by atoms with Crippen LogP contribution in [0.2, 0.25) is 0 Å². The molecule has 0 unspecified atom stereocenters. The van der Waals surface area contributed by atoms with Gasteiger partial charge in [0, 0.05) is 18.7 Å². The highest BCUT2D eigenvalue weighted by Gasteiger charge is 2.12. The molecule has 0 heterocycles. The van der Waals surface area contributed by atoms with Crippen molar-refractivity contribution in [3.63, 3.8) is 0 Å². The zero-order chi connectivity index (χ0) is 12.2. The summed E-state index contributed by atoms with van der Waals surface area (Å²) in [5.74, 6) is 0.607. The molecular weight excluding hydrogens is 206 g/mol. The molecule has 0 bridgehead atoms. The van der Waals surface area contributed by atoms with E-state index in [1.54, 1.807) is 19.9 Å². The number of phenolic OH excluding ortho intramolecular Hbond substituents is 1. The third kappa shape index (κ3) is 3.72. The van der Waals surface area contributed by atoms with Crippen molar-refractivity contribution in [2.24, 2.45) is 0 Å². The molecule has 0 radical (unpaired) electrons. The van der Waals surface area contributed by atoms with Gasteiger partial charge in [0.15, 0.2) is 11.5 Å². The number of aromatic hydroxyl groups is 1. The third-order valence-electron chi connectivity index (χ3n) is 2.18. The van der Waals surface area contributed by atoms with Crippen LogP contribution in [0, 0.1) is 0 Å². The van der Waals surface area contributed by atoms with Crippen LogP contribution in [0.1, 0.15) is 19.4 Å². The fourth-order valence-corrected chi connectivity index (χ4v) is 1.38. The van der Waals surface area contributed by atoms with Crippen molar-refractivity contribution in [1.82, 2.24) is 5.32 Å². The maximum Gasteiger partial charge on any atom is 0.162 e. The number of phenols is 1. The lowest BCUT2D eigenvalue weighted by Crippen LogP contribution is -2.34. The first-order valence-corrected chi connectivity index (χ1v) is 5.22. The molecule has 0 saturated heterocycles. The second-order valence-electron chi connectivity index (χ2n) is 4.38. The average Bonchev–Trinajstić information content (AvgIpc) is 2.19. The summed E-state index contributed by atoms with van der Waals surface area (Å²) in [6.45, 7) is 4.41. The molecule has 3 N–H and O–H groups in total. The van der Waals surface area contributed by atoms with E-state index in [1.165, 1.54) is 7.11 Å². The number of nitrogens with one attached hydrogen (secondary N) is 1. The predicted octanol–water partition coefficient (Wildman–Crippen LogP) is 1.26. The van der Waals surface area contributed by atoms with Crippen LogP contribution in [-0.2, 0) is 6.54 Å². The molecule has 90 valence electrons. The molecular formula is C12H19NO3. The number of benzene rings is 1. The van der Waals surface area contributed by atoms with Gasteiger partial charge in [-0.3, -0.25) is 0 Å². The maximum atomic E-state index is 9.79. The van der Waals surface area contributed by atoms with E-state index in [9.17, 15) is 10.2 Å². The van der Waals surface area contributed by atoms with Crippen LogP contribution < -0.4 is 10.1 Å². The van der Waals surface area contributed by atoms with Crippen molar-refractivity contribution in [2.45, 2.75) is 26.0 Å². The Hall–Kier alpha value is -1.26. The van der Waals surface area contributed by atoms with Crippen LogP contribution in [0.3, 0.4) is 0 Å². The topological polar surface area (TPSA) is 61.7 Å². The Balaban J connectivity index is 2.61. The van der Waals surface area contributed by atoms with Crippen LogP contribution in [0.5, 0.6) is 11.5 Å². The zero-order valence-electron chi connectivity index (χ0n) is 9.95. The van der Waals surface area contributed by atoms with E-state index in [-0.39, 0.29) is 5.75 Å². The normalized spacial score (nSPS) is 11.5. The van der Waals surface area contributed by atoms with E-state index >= 15 is 0 Å². The molecule has 0 aliphatic rings. The predicted molar refractivity (Wildman–Crippen MR) is 62.7 cm³/mol. The Morgan fingerprint density at radius 2 is 2.06 bits per heavy atom. The highest BCUT2D eigenvalue weighted by atomic mass is 16.5. The van der Waals surface area contributed by atoms with Crippen LogP contribution in [0.15, 0.2) is 18.2 Å². The monoisotopic (exact) mass is 225 g/mol. The molecule has 0 aliphatic heterocycles. The molecule has 0 spiro atoms. The fourth-order valence-electron chi connectivity index (χ4n) is 1.38. The maximum absolute atomic E-state index is 9.79. The van der Waals surface area contributed by atoms with Gasteiger partial charge >= 0.3 is 0 Å². The molecule has 0 atom stereocenters. The summed E-state index contributed by atoms with van der Waals surface area (Å²) >= 11 is 0. The summed E-state index contributed by atoms with van der Waals surface area (Å²) in [5.41, 5.74) is -0.00214. The van der Waals surface area contributed by atoms with Gasteiger partial charge < -0.3 is 20.3 Å². The molecule has 1 aromatic carbocycles. The molecule has 0 aliphatic carbocycles. The number of para-hydroxylation sites is 1. The molecule has 16 heavy (non-hydrogen) atoms. The second-order valence-corrected chi connectivity index (χ2v) is 4.38. The first-order chi connectivity index (χ1) is 7.44. The largest absolute Gasteiger partial charge is 0.504 e. The van der Waals surface area contributed by atoms with Gasteiger partial charge in [0.25, 0.3) is 0 Å². The van der Waals surface area contributed by atoms with Gasteiger partial charge in [-0.25, -0.2) is 0 Å². The van der Waals surface area contributed by atoms with Crippen molar-refractivity contribution >= 4 is 0 Å². The van der Waals surface area contributed by atoms with Gasteiger partial charge in [-0.05, 0) is 19.9 Å². The molecule has 1 aromatic rings. The molecule has 4 nitrogen and oxygen atoms in total. The summed E-state index contributed by atoms with van der Waals surface area (Å²) in [7, 11) is 1.52. The minimum atomic E-state index is -0.755. The molecule has 0 amide bonds. The Kier molecular flexibility index (Phi) is 4.15. The number of hydrogen-bond acceptors (Lipinski definition) is 4. The van der Waals surface area contributed by atoms with E-state index in [2.05, 4.69) is 5.32 Å². The van der Waals surface area contributed by atoms with Crippen molar-refractivity contribution in [2.75, 3.05) is 13.7 Å². The van der Waals surface area contributed by atoms with Gasteiger partial charge in [0.2, 0.25) is 0 Å². The molecule has 0 saturated carbocycles. The van der Waals surface area contributed by atoms with E-state index in [1.807, 2.05) is 12.1 Å². The molecule has 4 heteroatoms. The van der Waals surface area contributed by atoms with Crippen molar-refractivity contribution in [1.29, 1.82) is 0 Å². The SMILES string of the molecule is COc1cccc(CNCC(C)(C)O)c1O. The van der Waals surface area contributed by atoms with Crippen LogP contribution >= 0.6 is 0 Å². The number of ether oxygens (including phenoxy) is 1. The molecule has 1 rings (SSSR count). The van der Waals surface area contributed by atoms with Crippen LogP contribution in [-0.4, -0.2) is 29.5 Å². The summed E-state index contributed by atoms with van der Waals surface area (Å²) in [6.07, 6.45) is 0. The van der Waals surface area contributed by atoms with Crippen molar-refractivity contribution < 1.29 is 14.9 Å². The summed E-state index contributed by atoms with van der Waals surface area (Å²) in [4.78, 5) is 0. The van der Waals surface area contributed by atoms with Gasteiger partial charge in [0.1, 0.15) is 0 Å². The Labute approximate surface area is 95.9 Å². The minimum Gasteiger partial charge on any atom is -0.504 e. The Morgan fingerprint density at radius 1 is 1.38 bits per heavy atom. The average molecular weight is 225 g/mol. The standard InChI is InChI=1S/C12H19NO3/c1-12(2,15)8-13-7-9-5-4-6-10(16-3)11(9)14/h4-6,13-15H,7-8H2,1-3H3. The number of rotatable bonds is 5. The van der Waals surface area contributed by atoms with E-state index < -0.39 is 5.60 Å². The lowest BCUT2D eigenvalue weighted by Gasteiger charge is -2.18. The van der Waals surface area contributed by atoms with E-state index in [0.717, 1.165) is 5.56 Å². The number of aliphatic hydroxyl groups is 1. The number of hydrogen-bond donors (Lipinski definition) is 3. The summed E-state index contributed by atoms with van der Waals surface area (Å²) < 4.78 is 5.01. The zero-order valence-corrected chi connectivity index (χ0v) is 9.95. The van der Waals surface area contributed by atoms with E-state index in [0.29, 0.717) is 18.8 Å². The Morgan fingerprint density at radius 3 is 2.62 bits per heavy atom. The second kappa shape index (κ2) is 5.18. The lowest BCUT2D eigenvalue weighted by atomic mass is 10.1. The highest BCUT2D eigenvalue weighted by molar-refractivity contribution is 5.45. The summed E-state index contributed by atoms with van der Waals surface area (Å²) in [5, 5.41) is 22.4. The first-order valence-electron chi connectivity index (χ1n) is 5.22. The quantitative estimate of drug-likeness (QED) is 0.706. The van der Waals surface area contributed by atoms with Gasteiger partial charge in [0.05, 0.1) is 12.7 Å². The first kappa shape index (κ1) is 12.8. The van der Waals surface area contributed by atoms with Crippen molar-refractivity contribution in [3.05, 3.63) is 23.8 Å². The lowest BCUT2D eigenvalue weighted by molar-refractivity contribution is 0.0794. The minimum absolute atomic E-state index is 0.147. The molecule has 0 aromatic heterocycles. The summed E-state index contributed by atoms with van der Waals surface area (Å²) in [6, 6.07) is 5.34. The Bertz CT molecular complexity index is 345. The van der Waals surface area contributed by atoms with E-state index in [4.69, 9.17) is 4.74 Å². The molecule has 0 fully saturated rings. The highest BCUT2D eigenvalue weighted by Crippen LogP contribution is 2.29. The smallest absolute Gasteiger partial charge is 0.162 e. The van der Waals surface area contributed by atoms with Crippen LogP contribution in [0.25, 0.3) is 0 Å². The van der Waals surface area contributed by atoms with Crippen LogP contribution in [0.4, 0.5) is 0 Å². The number of methoxy groups -OCH3 is 1. The van der Waals surface area contributed by atoms with Crippen molar-refractivity contribution in [3.8, 4) is 11.5 Å². The van der Waals surface area contributed by atoms with Gasteiger partial charge in [-0.15, -0.1) is 0 Å². The fraction of sp³-hybridized carbons (Fsp3) is 0.500. The van der Waals surface area contributed by atoms with Gasteiger partial charge in [-0.2, -0.15) is 0 Å².